The molecule has 3 rings (SSSR count). The van der Waals surface area contributed by atoms with Crippen molar-refractivity contribution in [3.63, 3.8) is 0 Å². The molecule has 1 amide bonds. The first-order chi connectivity index (χ1) is 10.2. The van der Waals surface area contributed by atoms with E-state index in [4.69, 9.17) is 0 Å². The van der Waals surface area contributed by atoms with E-state index in [0.29, 0.717) is 10.0 Å². The highest BCUT2D eigenvalue weighted by Gasteiger charge is 2.14. The molecule has 0 aromatic carbocycles. The molecule has 0 radical (unpaired) electrons. The highest BCUT2D eigenvalue weighted by Crippen LogP contribution is 2.24. The molecule has 0 spiro atoms. The molecule has 1 aliphatic rings. The lowest BCUT2D eigenvalue weighted by molar-refractivity contribution is 0.103. The number of amides is 1. The lowest BCUT2D eigenvalue weighted by Crippen LogP contribution is -2.29. The van der Waals surface area contributed by atoms with Gasteiger partial charge in [0.2, 0.25) is 0 Å². The van der Waals surface area contributed by atoms with E-state index in [1.165, 1.54) is 41.9 Å². The summed E-state index contributed by atoms with van der Waals surface area (Å²) in [6.45, 7) is 3.20. The van der Waals surface area contributed by atoms with E-state index in [1.54, 1.807) is 0 Å². The smallest absolute Gasteiger partial charge is 0.267 e. The molecule has 0 bridgehead atoms. The molecule has 0 unspecified atom stereocenters. The Bertz CT molecular complexity index is 619. The maximum Gasteiger partial charge on any atom is 0.267 e. The first-order valence-corrected chi connectivity index (χ1v) is 9.43. The van der Waals surface area contributed by atoms with Crippen molar-refractivity contribution in [3.05, 3.63) is 31.9 Å². The number of nitrogens with one attached hydrogen (secondary N) is 1. The number of thiazole rings is 1. The summed E-state index contributed by atoms with van der Waals surface area (Å²) in [7, 11) is 0. The Morgan fingerprint density at radius 3 is 2.86 bits per heavy atom. The molecule has 1 aliphatic heterocycles. The van der Waals surface area contributed by atoms with Crippen LogP contribution in [0.1, 0.15) is 34.6 Å². The van der Waals surface area contributed by atoms with E-state index in [1.807, 2.05) is 17.5 Å². The third kappa shape index (κ3) is 4.12. The largest absolute Gasteiger partial charge is 0.297 e. The van der Waals surface area contributed by atoms with Crippen LogP contribution >= 0.6 is 38.6 Å². The third-order valence-electron chi connectivity index (χ3n) is 3.40. The Labute approximate surface area is 140 Å². The van der Waals surface area contributed by atoms with E-state index < -0.39 is 0 Å². The minimum absolute atomic E-state index is 0.0930. The third-order valence-corrected chi connectivity index (χ3v) is 5.83. The summed E-state index contributed by atoms with van der Waals surface area (Å²) >= 11 is 6.28. The standard InChI is InChI=1S/C14H16BrN3OS2/c15-12-5-4-11(21-12)13(19)17-14-16-10(9-20-14)8-18-6-2-1-3-7-18/h4-5,9H,1-3,6-8H2,(H,16,17,19). The summed E-state index contributed by atoms with van der Waals surface area (Å²) in [5.74, 6) is -0.0930. The summed E-state index contributed by atoms with van der Waals surface area (Å²) in [4.78, 5) is 19.7. The molecule has 0 aliphatic carbocycles. The van der Waals surface area contributed by atoms with Crippen molar-refractivity contribution >= 4 is 49.6 Å². The molecule has 1 fully saturated rings. The van der Waals surface area contributed by atoms with Crippen molar-refractivity contribution in [2.45, 2.75) is 25.8 Å². The van der Waals surface area contributed by atoms with Crippen LogP contribution < -0.4 is 5.32 Å². The summed E-state index contributed by atoms with van der Waals surface area (Å²) < 4.78 is 0.956. The molecule has 1 saturated heterocycles. The molecule has 2 aromatic heterocycles. The number of hydrogen-bond donors (Lipinski definition) is 1. The van der Waals surface area contributed by atoms with E-state index in [9.17, 15) is 4.79 Å². The fourth-order valence-corrected chi connectivity index (χ4v) is 4.36. The molecule has 0 saturated carbocycles. The zero-order valence-electron chi connectivity index (χ0n) is 11.5. The maximum absolute atomic E-state index is 12.1. The van der Waals surface area contributed by atoms with Crippen LogP contribution in [0.4, 0.5) is 5.13 Å². The van der Waals surface area contributed by atoms with Gasteiger partial charge in [0.25, 0.3) is 5.91 Å². The van der Waals surface area contributed by atoms with Crippen LogP contribution in [-0.2, 0) is 6.54 Å². The number of aromatic nitrogens is 1. The lowest BCUT2D eigenvalue weighted by atomic mass is 10.1. The number of hydrogen-bond acceptors (Lipinski definition) is 5. The second kappa shape index (κ2) is 7.00. The fraction of sp³-hybridized carbons (Fsp3) is 0.429. The number of likely N-dealkylation sites (tertiary alicyclic amines) is 1. The number of thiophene rings is 1. The van der Waals surface area contributed by atoms with E-state index in [2.05, 4.69) is 31.1 Å². The van der Waals surface area contributed by atoms with Crippen molar-refractivity contribution in [2.24, 2.45) is 0 Å². The zero-order valence-corrected chi connectivity index (χ0v) is 14.7. The Morgan fingerprint density at radius 1 is 1.33 bits per heavy atom. The van der Waals surface area contributed by atoms with Crippen LogP contribution in [0.5, 0.6) is 0 Å². The molecular weight excluding hydrogens is 370 g/mol. The minimum atomic E-state index is -0.0930. The summed E-state index contributed by atoms with van der Waals surface area (Å²) in [6, 6.07) is 3.69. The average molecular weight is 386 g/mol. The van der Waals surface area contributed by atoms with Crippen molar-refractivity contribution < 1.29 is 4.79 Å². The van der Waals surface area contributed by atoms with Gasteiger partial charge < -0.3 is 0 Å². The van der Waals surface area contributed by atoms with Crippen LogP contribution in [0.2, 0.25) is 0 Å². The summed E-state index contributed by atoms with van der Waals surface area (Å²) in [5, 5.41) is 5.58. The summed E-state index contributed by atoms with van der Waals surface area (Å²) in [6.07, 6.45) is 3.90. The monoisotopic (exact) mass is 385 g/mol. The number of carbonyl (C=O) groups excluding carboxylic acids is 1. The quantitative estimate of drug-likeness (QED) is 0.857. The zero-order chi connectivity index (χ0) is 14.7. The lowest BCUT2D eigenvalue weighted by Gasteiger charge is -2.25. The fourth-order valence-electron chi connectivity index (χ4n) is 2.38. The van der Waals surface area contributed by atoms with Gasteiger partial charge in [-0.05, 0) is 54.0 Å². The van der Waals surface area contributed by atoms with E-state index >= 15 is 0 Å². The van der Waals surface area contributed by atoms with Gasteiger partial charge in [0.1, 0.15) is 0 Å². The van der Waals surface area contributed by atoms with E-state index in [-0.39, 0.29) is 5.91 Å². The van der Waals surface area contributed by atoms with Gasteiger partial charge in [-0.2, -0.15) is 0 Å². The second-order valence-electron chi connectivity index (χ2n) is 5.04. The van der Waals surface area contributed by atoms with Gasteiger partial charge >= 0.3 is 0 Å². The van der Waals surface area contributed by atoms with Gasteiger partial charge in [-0.1, -0.05) is 6.42 Å². The van der Waals surface area contributed by atoms with Crippen LogP contribution in [0.15, 0.2) is 21.3 Å². The minimum Gasteiger partial charge on any atom is -0.297 e. The Kier molecular flexibility index (Phi) is 5.05. The normalized spacial score (nSPS) is 16.0. The Hall–Kier alpha value is -0.760. The molecule has 7 heteroatoms. The predicted molar refractivity (Wildman–Crippen MR) is 91.2 cm³/mol. The van der Waals surface area contributed by atoms with E-state index in [0.717, 1.165) is 29.1 Å². The molecule has 4 nitrogen and oxygen atoms in total. The highest BCUT2D eigenvalue weighted by molar-refractivity contribution is 9.11. The molecule has 21 heavy (non-hydrogen) atoms. The number of nitrogens with zero attached hydrogens (tertiary/aromatic N) is 2. The van der Waals surface area contributed by atoms with Gasteiger partial charge in [-0.15, -0.1) is 22.7 Å². The first-order valence-electron chi connectivity index (χ1n) is 6.94. The number of piperidine rings is 1. The van der Waals surface area contributed by atoms with Crippen LogP contribution in [0.25, 0.3) is 0 Å². The Morgan fingerprint density at radius 2 is 2.14 bits per heavy atom. The van der Waals surface area contributed by atoms with Crippen LogP contribution in [0.3, 0.4) is 0 Å². The van der Waals surface area contributed by atoms with Gasteiger partial charge in [0.05, 0.1) is 14.4 Å². The predicted octanol–water partition coefficient (Wildman–Crippen LogP) is 4.21. The number of rotatable bonds is 4. The van der Waals surface area contributed by atoms with Crippen molar-refractivity contribution in [3.8, 4) is 0 Å². The van der Waals surface area contributed by atoms with Crippen molar-refractivity contribution in [2.75, 3.05) is 18.4 Å². The number of anilines is 1. The van der Waals surface area contributed by atoms with Crippen molar-refractivity contribution in [1.82, 2.24) is 9.88 Å². The maximum atomic E-state index is 12.1. The number of carbonyl (C=O) groups is 1. The molecule has 112 valence electrons. The topological polar surface area (TPSA) is 45.2 Å². The second-order valence-corrected chi connectivity index (χ2v) is 8.36. The molecular formula is C14H16BrN3OS2. The SMILES string of the molecule is O=C(Nc1nc(CN2CCCCC2)cs1)c1ccc(Br)s1. The van der Waals surface area contributed by atoms with Crippen LogP contribution in [-0.4, -0.2) is 28.9 Å². The van der Waals surface area contributed by atoms with Crippen molar-refractivity contribution in [1.29, 1.82) is 0 Å². The van der Waals surface area contributed by atoms with Gasteiger partial charge in [0.15, 0.2) is 5.13 Å². The number of halogens is 1. The summed E-state index contributed by atoms with van der Waals surface area (Å²) in [5.41, 5.74) is 1.05. The molecule has 2 aromatic rings. The molecule has 1 N–H and O–H groups in total. The van der Waals surface area contributed by atoms with Gasteiger partial charge in [0, 0.05) is 11.9 Å². The Balaban J connectivity index is 1.58. The molecule has 3 heterocycles. The highest BCUT2D eigenvalue weighted by atomic mass is 79.9. The van der Waals surface area contributed by atoms with Gasteiger partial charge in [-0.25, -0.2) is 4.98 Å². The van der Waals surface area contributed by atoms with Gasteiger partial charge in [-0.3, -0.25) is 15.0 Å². The average Bonchev–Trinajstić information content (AvgIpc) is 3.09. The first kappa shape index (κ1) is 15.1. The molecule has 0 atom stereocenters. The van der Waals surface area contributed by atoms with Crippen LogP contribution in [0, 0.1) is 0 Å².